The molecule has 3 rings (SSSR count). The smallest absolute Gasteiger partial charge is 0.389 e. The van der Waals surface area contributed by atoms with Crippen LogP contribution in [0.2, 0.25) is 0 Å². The molecular formula is C21H21F3O5S. The second-order valence-electron chi connectivity index (χ2n) is 6.95. The second kappa shape index (κ2) is 9.09. The van der Waals surface area contributed by atoms with Crippen molar-refractivity contribution in [3.8, 4) is 11.5 Å². The van der Waals surface area contributed by atoms with Gasteiger partial charge in [0.2, 0.25) is 0 Å². The molecular weight excluding hydrogens is 421 g/mol. The average Bonchev–Trinajstić information content (AvgIpc) is 3.09. The molecule has 0 aliphatic heterocycles. The highest BCUT2D eigenvalue weighted by Crippen LogP contribution is 2.29. The summed E-state index contributed by atoms with van der Waals surface area (Å²) in [6, 6.07) is 11.7. The van der Waals surface area contributed by atoms with E-state index in [0.717, 1.165) is 22.3 Å². The van der Waals surface area contributed by atoms with Crippen molar-refractivity contribution in [3.63, 3.8) is 0 Å². The van der Waals surface area contributed by atoms with E-state index >= 15 is 0 Å². The normalized spacial score (nSPS) is 13.7. The number of fused-ring (bicyclic) bond motifs is 1. The Morgan fingerprint density at radius 2 is 1.80 bits per heavy atom. The molecule has 0 heterocycles. The van der Waals surface area contributed by atoms with Gasteiger partial charge in [-0.25, -0.2) is 0 Å². The van der Waals surface area contributed by atoms with Gasteiger partial charge >= 0.3 is 16.3 Å². The van der Waals surface area contributed by atoms with E-state index in [2.05, 4.69) is 0 Å². The number of aliphatic hydroxyl groups is 1. The summed E-state index contributed by atoms with van der Waals surface area (Å²) in [7, 11) is -4.15. The quantitative estimate of drug-likeness (QED) is 0.588. The Kier molecular flexibility index (Phi) is 6.72. The highest BCUT2D eigenvalue weighted by Gasteiger charge is 2.28. The van der Waals surface area contributed by atoms with Crippen molar-refractivity contribution in [2.24, 2.45) is 0 Å². The average molecular weight is 442 g/mol. The van der Waals surface area contributed by atoms with Crippen LogP contribution in [0, 0.1) is 0 Å². The van der Waals surface area contributed by atoms with Gasteiger partial charge in [0, 0.05) is 12.5 Å². The van der Waals surface area contributed by atoms with Crippen molar-refractivity contribution in [3.05, 3.63) is 64.7 Å². The van der Waals surface area contributed by atoms with E-state index < -0.39 is 34.9 Å². The van der Waals surface area contributed by atoms with Crippen molar-refractivity contribution in [2.45, 2.75) is 32.0 Å². The van der Waals surface area contributed by atoms with Gasteiger partial charge in [0.1, 0.15) is 18.1 Å². The first-order chi connectivity index (χ1) is 14.1. The van der Waals surface area contributed by atoms with Crippen LogP contribution < -0.4 is 8.92 Å². The van der Waals surface area contributed by atoms with E-state index in [-0.39, 0.29) is 19.0 Å². The Morgan fingerprint density at radius 3 is 2.53 bits per heavy atom. The van der Waals surface area contributed by atoms with Gasteiger partial charge in [0.25, 0.3) is 0 Å². The third kappa shape index (κ3) is 6.24. The van der Waals surface area contributed by atoms with Gasteiger partial charge in [-0.15, -0.1) is 0 Å². The predicted octanol–water partition coefficient (Wildman–Crippen LogP) is 4.25. The van der Waals surface area contributed by atoms with Crippen molar-refractivity contribution in [1.29, 1.82) is 0 Å². The minimum atomic E-state index is -4.41. The number of alkyl halides is 3. The van der Waals surface area contributed by atoms with Crippen LogP contribution in [0.1, 0.15) is 29.5 Å². The number of aliphatic hydroxyl groups excluding tert-OH is 1. The molecule has 1 aliphatic rings. The van der Waals surface area contributed by atoms with E-state index in [9.17, 15) is 26.7 Å². The third-order valence-corrected chi connectivity index (χ3v) is 5.77. The number of ether oxygens (including phenoxy) is 1. The molecule has 0 spiro atoms. The van der Waals surface area contributed by atoms with E-state index in [1.807, 2.05) is 24.3 Å². The molecule has 2 aromatic rings. The first-order valence-corrected chi connectivity index (χ1v) is 10.9. The zero-order valence-corrected chi connectivity index (χ0v) is 16.8. The lowest BCUT2D eigenvalue weighted by atomic mass is 10.0. The van der Waals surface area contributed by atoms with E-state index in [1.54, 1.807) is 6.07 Å². The predicted molar refractivity (Wildman–Crippen MR) is 106 cm³/mol. The van der Waals surface area contributed by atoms with Crippen LogP contribution >= 0.6 is 0 Å². The Bertz CT molecular complexity index is 1030. The summed E-state index contributed by atoms with van der Waals surface area (Å²) in [6.07, 6.45) is -3.54. The molecule has 0 atom stereocenters. The molecule has 0 saturated heterocycles. The summed E-state index contributed by atoms with van der Waals surface area (Å²) < 4.78 is 71.0. The molecule has 0 fully saturated rings. The molecule has 5 nitrogen and oxygen atoms in total. The van der Waals surface area contributed by atoms with Gasteiger partial charge < -0.3 is 14.0 Å². The van der Waals surface area contributed by atoms with E-state index in [1.165, 1.54) is 18.2 Å². The molecule has 1 aliphatic carbocycles. The topological polar surface area (TPSA) is 72.8 Å². The van der Waals surface area contributed by atoms with Gasteiger partial charge in [-0.3, -0.25) is 0 Å². The van der Waals surface area contributed by atoms with Crippen molar-refractivity contribution < 1.29 is 35.6 Å². The van der Waals surface area contributed by atoms with Crippen molar-refractivity contribution in [1.82, 2.24) is 0 Å². The molecule has 2 aromatic carbocycles. The lowest BCUT2D eigenvalue weighted by molar-refractivity contribution is -0.134. The van der Waals surface area contributed by atoms with Gasteiger partial charge in [-0.05, 0) is 47.2 Å². The van der Waals surface area contributed by atoms with Crippen LogP contribution in [0.4, 0.5) is 13.2 Å². The summed E-state index contributed by atoms with van der Waals surface area (Å²) in [5, 5.41) is 9.34. The maximum Gasteiger partial charge on any atom is 0.389 e. The zero-order chi connectivity index (χ0) is 21.8. The molecule has 9 heteroatoms. The number of rotatable bonds is 9. The zero-order valence-electron chi connectivity index (χ0n) is 16.0. The molecule has 162 valence electrons. The summed E-state index contributed by atoms with van der Waals surface area (Å²) in [5.41, 5.74) is 3.94. The number of halogens is 3. The fourth-order valence-electron chi connectivity index (χ4n) is 3.15. The largest absolute Gasteiger partial charge is 0.489 e. The van der Waals surface area contributed by atoms with Crippen LogP contribution in [-0.2, 0) is 23.1 Å². The summed E-state index contributed by atoms with van der Waals surface area (Å²) in [5.74, 6) is -0.395. The molecule has 1 N–H and O–H groups in total. The molecule has 0 aromatic heterocycles. The fraction of sp³-hybridized carbons (Fsp3) is 0.333. The maximum absolute atomic E-state index is 12.2. The number of hydrogen-bond acceptors (Lipinski definition) is 5. The highest BCUT2D eigenvalue weighted by molar-refractivity contribution is 7.87. The molecule has 0 saturated carbocycles. The minimum Gasteiger partial charge on any atom is -0.489 e. The standard InChI is InChI=1S/C21H21F3O5S/c22-21(23,24)8-3-9-30(26,27)29-19-7-2-6-18(12-19)28-14-17-5-1-4-16-10-15(13-25)11-20(16)17/h1-2,4-7,11-12,25H,3,8-10,13-14H2. The van der Waals surface area contributed by atoms with Crippen LogP contribution in [0.5, 0.6) is 11.5 Å². The Balaban J connectivity index is 1.62. The van der Waals surface area contributed by atoms with Crippen LogP contribution in [0.3, 0.4) is 0 Å². The summed E-state index contributed by atoms with van der Waals surface area (Å²) in [4.78, 5) is 0. The molecule has 0 amide bonds. The molecule has 0 unspecified atom stereocenters. The van der Waals surface area contributed by atoms with Gasteiger partial charge in [0.05, 0.1) is 12.4 Å². The van der Waals surface area contributed by atoms with Gasteiger partial charge in [-0.1, -0.05) is 30.3 Å². The van der Waals surface area contributed by atoms with Crippen molar-refractivity contribution >= 4 is 16.2 Å². The Morgan fingerprint density at radius 1 is 1.07 bits per heavy atom. The highest BCUT2D eigenvalue weighted by atomic mass is 32.2. The van der Waals surface area contributed by atoms with Crippen LogP contribution in [-0.4, -0.2) is 32.1 Å². The molecule has 30 heavy (non-hydrogen) atoms. The summed E-state index contributed by atoms with van der Waals surface area (Å²) in [6.45, 7) is 0.214. The first kappa shape index (κ1) is 22.2. The van der Waals surface area contributed by atoms with Gasteiger partial charge in [-0.2, -0.15) is 21.6 Å². The molecule has 0 radical (unpaired) electrons. The number of hydrogen-bond donors (Lipinski definition) is 1. The number of benzene rings is 2. The lowest BCUT2D eigenvalue weighted by Gasteiger charge is -2.12. The third-order valence-electron chi connectivity index (χ3n) is 4.53. The SMILES string of the molecule is O=S(=O)(CCCC(F)(F)F)Oc1cccc(OCc2cccc3c2C=C(CO)C3)c1. The second-order valence-corrected chi connectivity index (χ2v) is 8.65. The van der Waals surface area contributed by atoms with Crippen LogP contribution in [0.25, 0.3) is 6.08 Å². The van der Waals surface area contributed by atoms with Crippen LogP contribution in [0.15, 0.2) is 48.0 Å². The van der Waals surface area contributed by atoms with E-state index in [4.69, 9.17) is 8.92 Å². The lowest BCUT2D eigenvalue weighted by Crippen LogP contribution is -2.16. The Hall–Kier alpha value is -2.52. The molecule has 0 bridgehead atoms. The first-order valence-electron chi connectivity index (χ1n) is 9.28. The monoisotopic (exact) mass is 442 g/mol. The maximum atomic E-state index is 12.2. The van der Waals surface area contributed by atoms with E-state index in [0.29, 0.717) is 12.2 Å². The minimum absolute atomic E-state index is 0.00813. The fourth-order valence-corrected chi connectivity index (χ4v) is 4.13. The van der Waals surface area contributed by atoms with Crippen molar-refractivity contribution in [2.75, 3.05) is 12.4 Å². The summed E-state index contributed by atoms with van der Waals surface area (Å²) >= 11 is 0. The Labute approximate surface area is 172 Å². The van der Waals surface area contributed by atoms with Gasteiger partial charge in [0.15, 0.2) is 0 Å².